The molecule has 94 valence electrons. The van der Waals surface area contributed by atoms with E-state index in [1.54, 1.807) is 26.2 Å². The van der Waals surface area contributed by atoms with Crippen LogP contribution in [0.5, 0.6) is 0 Å². The normalized spacial score (nSPS) is 10.6. The van der Waals surface area contributed by atoms with Crippen LogP contribution < -0.4 is 0 Å². The standard InChI is InChI=1S/C14H13FO3/c1-9-7-10(15)3-5-12(9)14(16)13-6-4-11(18-13)8-17-2/h3-7H,8H2,1-2H3. The lowest BCUT2D eigenvalue weighted by molar-refractivity contribution is 0.0999. The number of carbonyl (C=O) groups is 1. The Hall–Kier alpha value is -1.94. The molecule has 2 aromatic rings. The Balaban J connectivity index is 2.29. The maximum atomic E-state index is 13.0. The van der Waals surface area contributed by atoms with Crippen molar-refractivity contribution < 1.29 is 18.3 Å². The number of ketones is 1. The number of benzene rings is 1. The van der Waals surface area contributed by atoms with Gasteiger partial charge >= 0.3 is 0 Å². The van der Waals surface area contributed by atoms with Gasteiger partial charge in [0.1, 0.15) is 18.2 Å². The van der Waals surface area contributed by atoms with E-state index in [-0.39, 0.29) is 17.4 Å². The fourth-order valence-corrected chi connectivity index (χ4v) is 1.73. The first kappa shape index (κ1) is 12.5. The van der Waals surface area contributed by atoms with Crippen LogP contribution in [0.3, 0.4) is 0 Å². The third-order valence-electron chi connectivity index (χ3n) is 2.61. The molecule has 0 N–H and O–H groups in total. The predicted molar refractivity (Wildman–Crippen MR) is 64.0 cm³/mol. The van der Waals surface area contributed by atoms with Gasteiger partial charge in [0.05, 0.1) is 0 Å². The fourth-order valence-electron chi connectivity index (χ4n) is 1.73. The lowest BCUT2D eigenvalue weighted by Crippen LogP contribution is -2.02. The van der Waals surface area contributed by atoms with E-state index in [0.29, 0.717) is 23.5 Å². The number of aryl methyl sites for hydroxylation is 1. The first-order chi connectivity index (χ1) is 8.61. The molecule has 0 bridgehead atoms. The zero-order valence-electron chi connectivity index (χ0n) is 10.2. The number of methoxy groups -OCH3 is 1. The molecule has 0 radical (unpaired) electrons. The second-order valence-corrected chi connectivity index (χ2v) is 3.99. The third-order valence-corrected chi connectivity index (χ3v) is 2.61. The summed E-state index contributed by atoms with van der Waals surface area (Å²) < 4.78 is 23.2. The van der Waals surface area contributed by atoms with Crippen molar-refractivity contribution in [2.75, 3.05) is 7.11 Å². The molecule has 1 aromatic heterocycles. The fraction of sp³-hybridized carbons (Fsp3) is 0.214. The Kier molecular flexibility index (Phi) is 3.58. The minimum atomic E-state index is -0.358. The molecule has 0 amide bonds. The van der Waals surface area contributed by atoms with Crippen molar-refractivity contribution in [1.82, 2.24) is 0 Å². The number of rotatable bonds is 4. The van der Waals surface area contributed by atoms with Crippen LogP contribution in [0.25, 0.3) is 0 Å². The van der Waals surface area contributed by atoms with Gasteiger partial charge in [-0.3, -0.25) is 4.79 Å². The molecule has 0 aliphatic carbocycles. The molecule has 0 aliphatic heterocycles. The Bertz CT molecular complexity index is 572. The van der Waals surface area contributed by atoms with Crippen molar-refractivity contribution in [1.29, 1.82) is 0 Å². The van der Waals surface area contributed by atoms with E-state index < -0.39 is 0 Å². The van der Waals surface area contributed by atoms with Gasteiger partial charge in [-0.25, -0.2) is 4.39 Å². The van der Waals surface area contributed by atoms with Gasteiger partial charge < -0.3 is 9.15 Å². The molecule has 1 heterocycles. The number of furan rings is 1. The second kappa shape index (κ2) is 5.14. The Morgan fingerprint density at radius 3 is 2.78 bits per heavy atom. The number of ether oxygens (including phenoxy) is 1. The molecule has 1 aromatic carbocycles. The highest BCUT2D eigenvalue weighted by Crippen LogP contribution is 2.17. The zero-order valence-corrected chi connectivity index (χ0v) is 10.2. The van der Waals surface area contributed by atoms with Crippen molar-refractivity contribution in [2.45, 2.75) is 13.5 Å². The summed E-state index contributed by atoms with van der Waals surface area (Å²) in [6.45, 7) is 2.00. The van der Waals surface area contributed by atoms with E-state index in [9.17, 15) is 9.18 Å². The minimum absolute atomic E-state index is 0.233. The monoisotopic (exact) mass is 248 g/mol. The number of hydrogen-bond acceptors (Lipinski definition) is 3. The van der Waals surface area contributed by atoms with Crippen molar-refractivity contribution in [3.8, 4) is 0 Å². The van der Waals surface area contributed by atoms with Crippen molar-refractivity contribution in [3.05, 3.63) is 58.8 Å². The quantitative estimate of drug-likeness (QED) is 0.780. The Morgan fingerprint density at radius 1 is 1.33 bits per heavy atom. The van der Waals surface area contributed by atoms with Crippen LogP contribution >= 0.6 is 0 Å². The van der Waals surface area contributed by atoms with Gasteiger partial charge in [0.25, 0.3) is 0 Å². The van der Waals surface area contributed by atoms with E-state index >= 15 is 0 Å². The van der Waals surface area contributed by atoms with Gasteiger partial charge in [0, 0.05) is 12.7 Å². The second-order valence-electron chi connectivity index (χ2n) is 3.99. The molecule has 0 spiro atoms. The van der Waals surface area contributed by atoms with E-state index in [1.807, 2.05) is 0 Å². The lowest BCUT2D eigenvalue weighted by Gasteiger charge is -2.02. The van der Waals surface area contributed by atoms with Crippen LogP contribution in [0, 0.1) is 12.7 Å². The van der Waals surface area contributed by atoms with Crippen LogP contribution in [0.1, 0.15) is 27.4 Å². The van der Waals surface area contributed by atoms with Crippen molar-refractivity contribution in [3.63, 3.8) is 0 Å². The van der Waals surface area contributed by atoms with Crippen molar-refractivity contribution in [2.24, 2.45) is 0 Å². The van der Waals surface area contributed by atoms with Crippen LogP contribution in [-0.4, -0.2) is 12.9 Å². The average molecular weight is 248 g/mol. The summed E-state index contributed by atoms with van der Waals surface area (Å²) in [5, 5.41) is 0. The molecular weight excluding hydrogens is 235 g/mol. The summed E-state index contributed by atoms with van der Waals surface area (Å²) in [5.41, 5.74) is 1.03. The number of carbonyl (C=O) groups excluding carboxylic acids is 1. The predicted octanol–water partition coefficient (Wildman–Crippen LogP) is 3.10. The average Bonchev–Trinajstić information content (AvgIpc) is 2.77. The molecule has 0 saturated carbocycles. The highest BCUT2D eigenvalue weighted by atomic mass is 19.1. The van der Waals surface area contributed by atoms with Crippen LogP contribution in [0.15, 0.2) is 34.7 Å². The molecule has 0 unspecified atom stereocenters. The zero-order chi connectivity index (χ0) is 13.1. The largest absolute Gasteiger partial charge is 0.455 e. The molecule has 0 aliphatic rings. The van der Waals surface area contributed by atoms with Crippen LogP contribution in [-0.2, 0) is 11.3 Å². The minimum Gasteiger partial charge on any atom is -0.455 e. The van der Waals surface area contributed by atoms with Gasteiger partial charge in [0.2, 0.25) is 5.78 Å². The van der Waals surface area contributed by atoms with Crippen LogP contribution in [0.4, 0.5) is 4.39 Å². The molecule has 18 heavy (non-hydrogen) atoms. The Labute approximate surface area is 104 Å². The number of hydrogen-bond donors (Lipinski definition) is 0. The molecule has 0 saturated heterocycles. The van der Waals surface area contributed by atoms with E-state index in [2.05, 4.69) is 0 Å². The highest BCUT2D eigenvalue weighted by molar-refractivity contribution is 6.08. The first-order valence-electron chi connectivity index (χ1n) is 5.50. The van der Waals surface area contributed by atoms with E-state index in [0.717, 1.165) is 0 Å². The summed E-state index contributed by atoms with van der Waals surface area (Å²) in [4.78, 5) is 12.1. The SMILES string of the molecule is COCc1ccc(C(=O)c2ccc(F)cc2C)o1. The van der Waals surface area contributed by atoms with Gasteiger partial charge in [-0.05, 0) is 42.8 Å². The molecule has 4 heteroatoms. The first-order valence-corrected chi connectivity index (χ1v) is 5.50. The molecule has 2 rings (SSSR count). The summed E-state index contributed by atoms with van der Waals surface area (Å²) in [5.74, 6) is 0.204. The van der Waals surface area contributed by atoms with Gasteiger partial charge in [-0.15, -0.1) is 0 Å². The summed E-state index contributed by atoms with van der Waals surface area (Å²) in [7, 11) is 1.55. The number of halogens is 1. The maximum Gasteiger partial charge on any atom is 0.228 e. The Morgan fingerprint density at radius 2 is 2.11 bits per heavy atom. The molecular formula is C14H13FO3. The van der Waals surface area contributed by atoms with Gasteiger partial charge in [-0.2, -0.15) is 0 Å². The van der Waals surface area contributed by atoms with Crippen LogP contribution in [0.2, 0.25) is 0 Å². The smallest absolute Gasteiger partial charge is 0.228 e. The molecule has 3 nitrogen and oxygen atoms in total. The maximum absolute atomic E-state index is 13.0. The lowest BCUT2D eigenvalue weighted by atomic mass is 10.0. The van der Waals surface area contributed by atoms with Gasteiger partial charge in [-0.1, -0.05) is 0 Å². The van der Waals surface area contributed by atoms with E-state index in [4.69, 9.17) is 9.15 Å². The third kappa shape index (κ3) is 2.49. The van der Waals surface area contributed by atoms with E-state index in [1.165, 1.54) is 18.2 Å². The van der Waals surface area contributed by atoms with Crippen molar-refractivity contribution >= 4 is 5.78 Å². The highest BCUT2D eigenvalue weighted by Gasteiger charge is 2.16. The summed E-state index contributed by atoms with van der Waals surface area (Å²) >= 11 is 0. The summed E-state index contributed by atoms with van der Waals surface area (Å²) in [6, 6.07) is 7.34. The molecule has 0 fully saturated rings. The summed E-state index contributed by atoms with van der Waals surface area (Å²) in [6.07, 6.45) is 0. The van der Waals surface area contributed by atoms with Gasteiger partial charge in [0.15, 0.2) is 5.76 Å². The topological polar surface area (TPSA) is 39.4 Å². The molecule has 0 atom stereocenters.